The molecular weight excluding hydrogens is 310 g/mol. The van der Waals surface area contributed by atoms with E-state index in [0.29, 0.717) is 19.8 Å². The number of nitrogens with one attached hydrogen (secondary N) is 1. The smallest absolute Gasteiger partial charge is 0.144 e. The van der Waals surface area contributed by atoms with Crippen molar-refractivity contribution in [2.45, 2.75) is 26.7 Å². The number of nitrogens with zero attached hydrogens (tertiary/aromatic N) is 2. The van der Waals surface area contributed by atoms with Crippen LogP contribution in [0.5, 0.6) is 0 Å². The molecule has 0 atom stereocenters. The molecule has 1 aliphatic heterocycles. The maximum atomic E-state index is 9.42. The van der Waals surface area contributed by atoms with Crippen molar-refractivity contribution in [2.24, 2.45) is 5.41 Å². The van der Waals surface area contributed by atoms with Gasteiger partial charge in [-0.25, -0.2) is 9.97 Å². The zero-order valence-corrected chi connectivity index (χ0v) is 13.1. The molecule has 2 heterocycles. The van der Waals surface area contributed by atoms with E-state index in [-0.39, 0.29) is 17.9 Å². The predicted molar refractivity (Wildman–Crippen MR) is 77.4 cm³/mol. The zero-order valence-electron chi connectivity index (χ0n) is 11.5. The summed E-state index contributed by atoms with van der Waals surface area (Å²) in [5.74, 6) is 1.90. The van der Waals surface area contributed by atoms with Crippen LogP contribution in [0.25, 0.3) is 0 Å². The third-order valence-corrected chi connectivity index (χ3v) is 4.28. The van der Waals surface area contributed by atoms with E-state index in [1.165, 1.54) is 0 Å². The van der Waals surface area contributed by atoms with Gasteiger partial charge in [-0.1, -0.05) is 13.8 Å². The van der Waals surface area contributed by atoms with Crippen LogP contribution in [0.15, 0.2) is 4.47 Å². The first-order chi connectivity index (χ1) is 8.97. The highest BCUT2D eigenvalue weighted by atomic mass is 79.9. The Morgan fingerprint density at radius 2 is 2.11 bits per heavy atom. The lowest BCUT2D eigenvalue weighted by molar-refractivity contribution is -0.128. The highest BCUT2D eigenvalue weighted by molar-refractivity contribution is 9.10. The van der Waals surface area contributed by atoms with E-state index in [4.69, 9.17) is 4.74 Å². The number of aliphatic hydroxyl groups is 1. The van der Waals surface area contributed by atoms with E-state index in [2.05, 4.69) is 45.1 Å². The van der Waals surface area contributed by atoms with Gasteiger partial charge in [-0.3, -0.25) is 0 Å². The van der Waals surface area contributed by atoms with Gasteiger partial charge in [-0.2, -0.15) is 0 Å². The fourth-order valence-electron chi connectivity index (χ4n) is 1.87. The molecule has 0 unspecified atom stereocenters. The molecule has 2 rings (SSSR count). The van der Waals surface area contributed by atoms with Crippen LogP contribution in [-0.2, 0) is 4.74 Å². The number of hydrogen-bond donors (Lipinski definition) is 2. The lowest BCUT2D eigenvalue weighted by Gasteiger charge is -2.40. The summed E-state index contributed by atoms with van der Waals surface area (Å²) in [6.45, 7) is 8.05. The van der Waals surface area contributed by atoms with Crippen molar-refractivity contribution in [3.63, 3.8) is 0 Å². The summed E-state index contributed by atoms with van der Waals surface area (Å²) in [6, 6.07) is 0. The molecule has 1 aromatic heterocycles. The molecule has 1 fully saturated rings. The molecule has 0 amide bonds. The van der Waals surface area contributed by atoms with Crippen molar-refractivity contribution in [1.29, 1.82) is 0 Å². The number of aromatic nitrogens is 2. The minimum absolute atomic E-state index is 0.124. The second-order valence-corrected chi connectivity index (χ2v) is 6.28. The van der Waals surface area contributed by atoms with Crippen LogP contribution in [0.1, 0.15) is 31.3 Å². The molecule has 6 heteroatoms. The summed E-state index contributed by atoms with van der Waals surface area (Å²) >= 11 is 3.51. The molecule has 0 aliphatic carbocycles. The monoisotopic (exact) mass is 329 g/mol. The second-order valence-electron chi connectivity index (χ2n) is 5.49. The van der Waals surface area contributed by atoms with E-state index in [1.54, 1.807) is 0 Å². The van der Waals surface area contributed by atoms with Crippen molar-refractivity contribution in [2.75, 3.05) is 31.7 Å². The molecule has 0 saturated carbocycles. The van der Waals surface area contributed by atoms with Crippen molar-refractivity contribution >= 4 is 21.7 Å². The van der Waals surface area contributed by atoms with Gasteiger partial charge in [0.15, 0.2) is 0 Å². The normalized spacial score (nSPS) is 17.4. The Hall–Kier alpha value is -0.720. The second kappa shape index (κ2) is 5.73. The van der Waals surface area contributed by atoms with Gasteiger partial charge in [0, 0.05) is 12.5 Å². The Balaban J connectivity index is 2.15. The van der Waals surface area contributed by atoms with Crippen molar-refractivity contribution in [1.82, 2.24) is 9.97 Å². The summed E-state index contributed by atoms with van der Waals surface area (Å²) < 4.78 is 6.07. The number of anilines is 1. The Labute approximate surface area is 121 Å². The highest BCUT2D eigenvalue weighted by Gasteiger charge is 2.38. The molecule has 0 spiro atoms. The number of rotatable bonds is 5. The highest BCUT2D eigenvalue weighted by Crippen LogP contribution is 2.30. The van der Waals surface area contributed by atoms with Gasteiger partial charge >= 0.3 is 0 Å². The molecule has 1 aliphatic rings. The molecule has 1 saturated heterocycles. The summed E-state index contributed by atoms with van der Waals surface area (Å²) in [4.78, 5) is 9.00. The van der Waals surface area contributed by atoms with Crippen molar-refractivity contribution in [3.05, 3.63) is 16.0 Å². The molecule has 0 aromatic carbocycles. The Bertz CT molecular complexity index is 456. The lowest BCUT2D eigenvalue weighted by Crippen LogP contribution is -2.50. The van der Waals surface area contributed by atoms with E-state index in [0.717, 1.165) is 21.8 Å². The van der Waals surface area contributed by atoms with Crippen molar-refractivity contribution in [3.8, 4) is 0 Å². The van der Waals surface area contributed by atoms with Gasteiger partial charge in [-0.15, -0.1) is 0 Å². The van der Waals surface area contributed by atoms with Crippen LogP contribution in [0, 0.1) is 12.3 Å². The molecule has 19 heavy (non-hydrogen) atoms. The number of ether oxygens (including phenoxy) is 1. The van der Waals surface area contributed by atoms with E-state index in [9.17, 15) is 5.11 Å². The van der Waals surface area contributed by atoms with Crippen LogP contribution in [0.3, 0.4) is 0 Å². The van der Waals surface area contributed by atoms with Crippen molar-refractivity contribution < 1.29 is 9.84 Å². The van der Waals surface area contributed by atoms with Crippen LogP contribution in [-0.4, -0.2) is 41.4 Å². The summed E-state index contributed by atoms with van der Waals surface area (Å²) in [5.41, 5.74) is 0.750. The average Bonchev–Trinajstić information content (AvgIpc) is 2.32. The van der Waals surface area contributed by atoms with Crippen LogP contribution >= 0.6 is 15.9 Å². The van der Waals surface area contributed by atoms with E-state index >= 15 is 0 Å². The molecule has 0 bridgehead atoms. The van der Waals surface area contributed by atoms with Crippen LogP contribution in [0.2, 0.25) is 0 Å². The largest absolute Gasteiger partial charge is 0.396 e. The maximum Gasteiger partial charge on any atom is 0.144 e. The minimum Gasteiger partial charge on any atom is -0.396 e. The fraction of sp³-hybridized carbons (Fsp3) is 0.692. The van der Waals surface area contributed by atoms with Gasteiger partial charge in [0.1, 0.15) is 11.6 Å². The minimum atomic E-state index is -0.170. The Kier molecular flexibility index (Phi) is 4.43. The topological polar surface area (TPSA) is 67.3 Å². The molecular formula is C13H20BrN3O2. The average molecular weight is 330 g/mol. The SMILES string of the molecule is Cc1nc(C(C)C)nc(NCC2(CO)COC2)c1Br. The third-order valence-electron chi connectivity index (χ3n) is 3.33. The maximum absolute atomic E-state index is 9.42. The first-order valence-corrected chi connectivity index (χ1v) is 7.23. The van der Waals surface area contributed by atoms with Gasteiger partial charge in [-0.05, 0) is 22.9 Å². The summed E-state index contributed by atoms with van der Waals surface area (Å²) in [7, 11) is 0. The first-order valence-electron chi connectivity index (χ1n) is 6.44. The van der Waals surface area contributed by atoms with E-state index < -0.39 is 0 Å². The number of aryl methyl sites for hydroxylation is 1. The Morgan fingerprint density at radius 1 is 1.42 bits per heavy atom. The lowest BCUT2D eigenvalue weighted by atomic mass is 9.87. The zero-order chi connectivity index (χ0) is 14.0. The quantitative estimate of drug-likeness (QED) is 0.865. The standard InChI is InChI=1S/C13H20BrN3O2/c1-8(2)11-16-9(3)10(14)12(17-11)15-4-13(5-18)6-19-7-13/h8,18H,4-7H2,1-3H3,(H,15,16,17). The molecule has 106 valence electrons. The van der Waals surface area contributed by atoms with Gasteiger partial charge in [0.25, 0.3) is 0 Å². The Morgan fingerprint density at radius 3 is 2.58 bits per heavy atom. The third kappa shape index (κ3) is 3.07. The fourth-order valence-corrected chi connectivity index (χ4v) is 2.18. The van der Waals surface area contributed by atoms with Crippen LogP contribution in [0.4, 0.5) is 5.82 Å². The number of aliphatic hydroxyl groups excluding tert-OH is 1. The van der Waals surface area contributed by atoms with Gasteiger partial charge in [0.2, 0.25) is 0 Å². The molecule has 2 N–H and O–H groups in total. The summed E-state index contributed by atoms with van der Waals surface area (Å²) in [5, 5.41) is 12.7. The van der Waals surface area contributed by atoms with Gasteiger partial charge in [0.05, 0.1) is 35.4 Å². The summed E-state index contributed by atoms with van der Waals surface area (Å²) in [6.07, 6.45) is 0. The van der Waals surface area contributed by atoms with E-state index in [1.807, 2.05) is 6.92 Å². The first kappa shape index (κ1) is 14.7. The van der Waals surface area contributed by atoms with Crippen LogP contribution < -0.4 is 5.32 Å². The molecule has 0 radical (unpaired) electrons. The molecule has 5 nitrogen and oxygen atoms in total. The number of halogens is 1. The number of hydrogen-bond acceptors (Lipinski definition) is 5. The molecule has 1 aromatic rings. The predicted octanol–water partition coefficient (Wildman–Crippen LogP) is 2.09. The van der Waals surface area contributed by atoms with Gasteiger partial charge < -0.3 is 15.2 Å².